The quantitative estimate of drug-likeness (QED) is 0.798. The molecule has 3 heterocycles. The fraction of sp³-hybridized carbons (Fsp3) is 0.400. The van der Waals surface area contributed by atoms with Crippen molar-refractivity contribution in [3.8, 4) is 0 Å². The minimum Gasteiger partial charge on any atom is -0.307 e. The Balaban J connectivity index is 2.05. The maximum absolute atomic E-state index is 13.2. The Kier molecular flexibility index (Phi) is 3.73. The van der Waals surface area contributed by atoms with Crippen molar-refractivity contribution in [1.82, 2.24) is 14.3 Å². The Bertz CT molecular complexity index is 853. The van der Waals surface area contributed by atoms with Crippen LogP contribution in [0.25, 0.3) is 0 Å². The number of alkyl halides is 3. The molecule has 0 aliphatic carbocycles. The predicted molar refractivity (Wildman–Crippen MR) is 80.0 cm³/mol. The largest absolute Gasteiger partial charge is 0.410 e. The molecular weight excluding hydrogens is 325 g/mol. The fourth-order valence-electron chi connectivity index (χ4n) is 2.85. The van der Waals surface area contributed by atoms with Gasteiger partial charge in [-0.2, -0.15) is 18.3 Å². The molecule has 9 heteroatoms. The lowest BCUT2D eigenvalue weighted by Gasteiger charge is -2.34. The monoisotopic (exact) mass is 340 g/mol. The Morgan fingerprint density at radius 2 is 2.04 bits per heavy atom. The highest BCUT2D eigenvalue weighted by Gasteiger charge is 2.46. The van der Waals surface area contributed by atoms with E-state index >= 15 is 0 Å². The van der Waals surface area contributed by atoms with Gasteiger partial charge in [0.1, 0.15) is 11.5 Å². The van der Waals surface area contributed by atoms with Crippen LogP contribution in [0.5, 0.6) is 0 Å². The highest BCUT2D eigenvalue weighted by molar-refractivity contribution is 6.04. The summed E-state index contributed by atoms with van der Waals surface area (Å²) >= 11 is 0. The first kappa shape index (κ1) is 16.3. The molecule has 1 unspecified atom stereocenters. The molecule has 0 saturated heterocycles. The minimum atomic E-state index is -4.44. The summed E-state index contributed by atoms with van der Waals surface area (Å²) in [4.78, 5) is 25.7. The maximum atomic E-state index is 13.2. The molecule has 128 valence electrons. The van der Waals surface area contributed by atoms with Gasteiger partial charge in [0, 0.05) is 25.7 Å². The van der Waals surface area contributed by atoms with E-state index in [9.17, 15) is 22.8 Å². The van der Waals surface area contributed by atoms with Crippen molar-refractivity contribution >= 4 is 11.7 Å². The van der Waals surface area contributed by atoms with E-state index in [-0.39, 0.29) is 30.0 Å². The summed E-state index contributed by atoms with van der Waals surface area (Å²) in [5.74, 6) is -0.445. The molecule has 0 saturated carbocycles. The SMILES string of the molecule is Cc1cc2n(n1)C(C(F)(F)F)CCN2C(=O)c1cccc(=O)n1C. The van der Waals surface area contributed by atoms with Crippen LogP contribution in [-0.4, -0.2) is 33.0 Å². The Morgan fingerprint density at radius 1 is 1.33 bits per heavy atom. The van der Waals surface area contributed by atoms with Gasteiger partial charge in [-0.1, -0.05) is 6.07 Å². The topological polar surface area (TPSA) is 60.1 Å². The number of pyridine rings is 1. The molecule has 2 aromatic rings. The molecule has 24 heavy (non-hydrogen) atoms. The molecule has 3 rings (SSSR count). The van der Waals surface area contributed by atoms with E-state index in [1.54, 1.807) is 6.92 Å². The lowest BCUT2D eigenvalue weighted by Crippen LogP contribution is -2.44. The number of hydrogen-bond acceptors (Lipinski definition) is 3. The van der Waals surface area contributed by atoms with E-state index in [0.717, 1.165) is 4.68 Å². The zero-order valence-electron chi connectivity index (χ0n) is 13.0. The van der Waals surface area contributed by atoms with E-state index in [0.29, 0.717) is 5.69 Å². The van der Waals surface area contributed by atoms with E-state index in [1.807, 2.05) is 0 Å². The van der Waals surface area contributed by atoms with Gasteiger partial charge in [-0.25, -0.2) is 4.68 Å². The smallest absolute Gasteiger partial charge is 0.307 e. The van der Waals surface area contributed by atoms with Crippen molar-refractivity contribution in [1.29, 1.82) is 0 Å². The van der Waals surface area contributed by atoms with Crippen molar-refractivity contribution in [3.63, 3.8) is 0 Å². The average molecular weight is 340 g/mol. The predicted octanol–water partition coefficient (Wildman–Crippen LogP) is 2.04. The van der Waals surface area contributed by atoms with Crippen LogP contribution in [0.3, 0.4) is 0 Å². The molecule has 1 atom stereocenters. The first-order valence-electron chi connectivity index (χ1n) is 7.31. The molecule has 0 radical (unpaired) electrons. The summed E-state index contributed by atoms with van der Waals surface area (Å²) in [7, 11) is 1.45. The number of halogens is 3. The summed E-state index contributed by atoms with van der Waals surface area (Å²) in [6.45, 7) is 1.47. The third-order valence-corrected chi connectivity index (χ3v) is 4.06. The second kappa shape index (κ2) is 5.50. The van der Waals surface area contributed by atoms with E-state index in [4.69, 9.17) is 0 Å². The summed E-state index contributed by atoms with van der Waals surface area (Å²) < 4.78 is 41.6. The molecule has 1 aliphatic heterocycles. The van der Waals surface area contributed by atoms with E-state index in [2.05, 4.69) is 5.10 Å². The normalized spacial score (nSPS) is 17.7. The van der Waals surface area contributed by atoms with Gasteiger partial charge in [-0.15, -0.1) is 0 Å². The van der Waals surface area contributed by atoms with Crippen molar-refractivity contribution < 1.29 is 18.0 Å². The number of nitrogens with zero attached hydrogens (tertiary/aromatic N) is 4. The average Bonchev–Trinajstić information content (AvgIpc) is 2.88. The van der Waals surface area contributed by atoms with Crippen molar-refractivity contribution in [3.05, 3.63) is 46.0 Å². The van der Waals surface area contributed by atoms with Crippen LogP contribution in [0, 0.1) is 6.92 Å². The van der Waals surface area contributed by atoms with Crippen LogP contribution in [0.2, 0.25) is 0 Å². The van der Waals surface area contributed by atoms with E-state index in [1.165, 1.54) is 40.8 Å². The molecule has 0 bridgehead atoms. The number of amides is 1. The first-order valence-corrected chi connectivity index (χ1v) is 7.31. The molecule has 1 amide bonds. The number of carbonyl (C=O) groups is 1. The van der Waals surface area contributed by atoms with Gasteiger partial charge in [-0.3, -0.25) is 14.5 Å². The fourth-order valence-corrected chi connectivity index (χ4v) is 2.85. The Morgan fingerprint density at radius 3 is 2.71 bits per heavy atom. The van der Waals surface area contributed by atoms with Gasteiger partial charge in [0.2, 0.25) is 0 Å². The molecule has 0 aromatic carbocycles. The minimum absolute atomic E-state index is 0.0855. The zero-order valence-corrected chi connectivity index (χ0v) is 13.0. The Hall–Kier alpha value is -2.58. The number of aryl methyl sites for hydroxylation is 1. The molecule has 6 nitrogen and oxygen atoms in total. The van der Waals surface area contributed by atoms with Crippen LogP contribution >= 0.6 is 0 Å². The van der Waals surface area contributed by atoms with Crippen molar-refractivity contribution in [2.45, 2.75) is 25.6 Å². The second-order valence-corrected chi connectivity index (χ2v) is 5.70. The number of carbonyl (C=O) groups excluding carboxylic acids is 1. The van der Waals surface area contributed by atoms with Crippen molar-refractivity contribution in [2.24, 2.45) is 7.05 Å². The maximum Gasteiger partial charge on any atom is 0.410 e. The summed E-state index contributed by atoms with van der Waals surface area (Å²) in [5, 5.41) is 3.90. The van der Waals surface area contributed by atoms with Gasteiger partial charge in [0.15, 0.2) is 6.04 Å². The lowest BCUT2D eigenvalue weighted by atomic mass is 10.1. The standard InChI is InChI=1S/C15H15F3N4O2/c1-9-8-12-21(7-6-11(15(16,17)18)22(12)19-9)14(24)10-4-3-5-13(23)20(10)2/h3-5,8,11H,6-7H2,1-2H3. The highest BCUT2D eigenvalue weighted by Crippen LogP contribution is 2.39. The van der Waals surface area contributed by atoms with Gasteiger partial charge >= 0.3 is 6.18 Å². The van der Waals surface area contributed by atoms with Crippen LogP contribution in [0.15, 0.2) is 29.1 Å². The molecule has 0 fully saturated rings. The summed E-state index contributed by atoms with van der Waals surface area (Å²) in [6.07, 6.45) is -4.73. The van der Waals surface area contributed by atoms with Crippen LogP contribution < -0.4 is 10.5 Å². The van der Waals surface area contributed by atoms with Gasteiger partial charge < -0.3 is 4.57 Å². The molecular formula is C15H15F3N4O2. The van der Waals surface area contributed by atoms with Gasteiger partial charge in [0.05, 0.1) is 5.69 Å². The summed E-state index contributed by atoms with van der Waals surface area (Å²) in [5.41, 5.74) is 0.134. The number of rotatable bonds is 1. The summed E-state index contributed by atoms with van der Waals surface area (Å²) in [6, 6.07) is 3.90. The molecule has 0 spiro atoms. The third kappa shape index (κ3) is 2.59. The van der Waals surface area contributed by atoms with Gasteiger partial charge in [-0.05, 0) is 19.4 Å². The van der Waals surface area contributed by atoms with Crippen molar-refractivity contribution in [2.75, 3.05) is 11.4 Å². The van der Waals surface area contributed by atoms with E-state index < -0.39 is 18.1 Å². The second-order valence-electron chi connectivity index (χ2n) is 5.70. The number of aromatic nitrogens is 3. The third-order valence-electron chi connectivity index (χ3n) is 4.06. The number of hydrogen-bond donors (Lipinski definition) is 0. The van der Waals surface area contributed by atoms with Crippen LogP contribution in [0.4, 0.5) is 19.0 Å². The Labute approximate surface area is 135 Å². The molecule has 2 aromatic heterocycles. The van der Waals surface area contributed by atoms with Gasteiger partial charge in [0.25, 0.3) is 11.5 Å². The molecule has 1 aliphatic rings. The first-order chi connectivity index (χ1) is 11.2. The highest BCUT2D eigenvalue weighted by atomic mass is 19.4. The lowest BCUT2D eigenvalue weighted by molar-refractivity contribution is -0.172. The molecule has 0 N–H and O–H groups in total. The van der Waals surface area contributed by atoms with Crippen LogP contribution in [-0.2, 0) is 7.05 Å². The number of anilines is 1. The zero-order chi connectivity index (χ0) is 17.6. The van der Waals surface area contributed by atoms with Crippen LogP contribution in [0.1, 0.15) is 28.6 Å². The number of fused-ring (bicyclic) bond motifs is 1.